The minimum Gasteiger partial charge on any atom is -0.361 e. The number of carbonyl (C=O) groups is 1. The van der Waals surface area contributed by atoms with E-state index in [1.54, 1.807) is 18.5 Å². The normalized spacial score (nSPS) is 10.6. The first-order valence-corrected chi connectivity index (χ1v) is 7.22. The molecule has 0 unspecified atom stereocenters. The number of carbonyl (C=O) groups excluding carboxylic acids is 1. The van der Waals surface area contributed by atoms with Gasteiger partial charge in [-0.2, -0.15) is 0 Å². The number of urea groups is 1. The molecule has 1 aromatic carbocycles. The van der Waals surface area contributed by atoms with Crippen LogP contribution in [0.5, 0.6) is 0 Å². The van der Waals surface area contributed by atoms with Crippen molar-refractivity contribution in [2.45, 2.75) is 13.5 Å². The van der Waals surface area contributed by atoms with Gasteiger partial charge < -0.3 is 15.6 Å². The number of benzene rings is 1. The van der Waals surface area contributed by atoms with Gasteiger partial charge >= 0.3 is 6.03 Å². The molecule has 0 spiro atoms. The Balaban J connectivity index is 1.67. The van der Waals surface area contributed by atoms with Crippen LogP contribution in [0.15, 0.2) is 42.9 Å². The smallest absolute Gasteiger partial charge is 0.319 e. The van der Waals surface area contributed by atoms with Crippen LogP contribution in [0.1, 0.15) is 11.1 Å². The minimum absolute atomic E-state index is 0.279. The van der Waals surface area contributed by atoms with Gasteiger partial charge in [-0.05, 0) is 42.3 Å². The maximum atomic E-state index is 12.0. The van der Waals surface area contributed by atoms with Gasteiger partial charge in [0.1, 0.15) is 0 Å². The topological polar surface area (TPSA) is 69.8 Å². The monoisotopic (exact) mass is 314 g/mol. The van der Waals surface area contributed by atoms with Crippen molar-refractivity contribution in [1.29, 1.82) is 0 Å². The zero-order chi connectivity index (χ0) is 15.5. The van der Waals surface area contributed by atoms with Crippen molar-refractivity contribution < 1.29 is 4.79 Å². The summed E-state index contributed by atoms with van der Waals surface area (Å²) in [6.45, 7) is 2.40. The van der Waals surface area contributed by atoms with Crippen LogP contribution >= 0.6 is 11.6 Å². The molecule has 3 rings (SSSR count). The summed E-state index contributed by atoms with van der Waals surface area (Å²) in [6, 6.07) is 7.08. The Bertz CT molecular complexity index is 828. The molecular formula is C16H15ClN4O. The van der Waals surface area contributed by atoms with Gasteiger partial charge in [-0.15, -0.1) is 0 Å². The third-order valence-electron chi connectivity index (χ3n) is 3.45. The highest BCUT2D eigenvalue weighted by atomic mass is 35.5. The van der Waals surface area contributed by atoms with Crippen LogP contribution in [-0.2, 0) is 6.54 Å². The molecule has 0 atom stereocenters. The predicted molar refractivity (Wildman–Crippen MR) is 88.1 cm³/mol. The summed E-state index contributed by atoms with van der Waals surface area (Å²) in [6.07, 6.45) is 5.29. The third-order valence-corrected chi connectivity index (χ3v) is 3.76. The highest BCUT2D eigenvalue weighted by molar-refractivity contribution is 6.35. The number of hydrogen-bond acceptors (Lipinski definition) is 2. The molecule has 0 radical (unpaired) electrons. The van der Waals surface area contributed by atoms with E-state index in [2.05, 4.69) is 20.6 Å². The molecule has 2 amide bonds. The summed E-state index contributed by atoms with van der Waals surface area (Å²) in [5, 5.41) is 7.13. The van der Waals surface area contributed by atoms with Gasteiger partial charge in [0.2, 0.25) is 0 Å². The quantitative estimate of drug-likeness (QED) is 0.687. The molecule has 5 nitrogen and oxygen atoms in total. The predicted octanol–water partition coefficient (Wildman–Crippen LogP) is 3.85. The third kappa shape index (κ3) is 3.04. The SMILES string of the molecule is Cc1cnccc1CNC(=O)Nc1cc(Cl)c2cc[nH]c2c1. The highest BCUT2D eigenvalue weighted by Gasteiger charge is 2.07. The van der Waals surface area contributed by atoms with E-state index in [1.807, 2.05) is 31.3 Å². The molecule has 0 aliphatic rings. The molecule has 0 bridgehead atoms. The number of anilines is 1. The second-order valence-corrected chi connectivity index (χ2v) is 5.41. The molecule has 22 heavy (non-hydrogen) atoms. The Hall–Kier alpha value is -2.53. The Kier molecular flexibility index (Phi) is 3.98. The van der Waals surface area contributed by atoms with E-state index in [-0.39, 0.29) is 6.03 Å². The summed E-state index contributed by atoms with van der Waals surface area (Å²) in [7, 11) is 0. The number of aromatic nitrogens is 2. The first kappa shape index (κ1) is 14.4. The molecule has 0 saturated heterocycles. The molecule has 6 heteroatoms. The Morgan fingerprint density at radius 2 is 2.23 bits per heavy atom. The fourth-order valence-electron chi connectivity index (χ4n) is 2.24. The zero-order valence-electron chi connectivity index (χ0n) is 12.0. The lowest BCUT2D eigenvalue weighted by Gasteiger charge is -2.10. The standard InChI is InChI=1S/C16H15ClN4O/c1-10-8-18-4-2-11(10)9-20-16(22)21-12-6-14(17)13-3-5-19-15(13)7-12/h2-8,19H,9H2,1H3,(H2,20,21,22). The summed E-state index contributed by atoms with van der Waals surface area (Å²) in [4.78, 5) is 19.1. The molecule has 112 valence electrons. The van der Waals surface area contributed by atoms with Crippen molar-refractivity contribution in [3.63, 3.8) is 0 Å². The van der Waals surface area contributed by atoms with Gasteiger partial charge in [0.05, 0.1) is 5.02 Å². The van der Waals surface area contributed by atoms with E-state index in [0.29, 0.717) is 17.3 Å². The van der Waals surface area contributed by atoms with E-state index >= 15 is 0 Å². The summed E-state index contributed by atoms with van der Waals surface area (Å²) in [5.74, 6) is 0. The van der Waals surface area contributed by atoms with Crippen molar-refractivity contribution >= 4 is 34.2 Å². The van der Waals surface area contributed by atoms with Gasteiger partial charge in [0.25, 0.3) is 0 Å². The summed E-state index contributed by atoms with van der Waals surface area (Å²) >= 11 is 6.18. The fraction of sp³-hybridized carbons (Fsp3) is 0.125. The van der Waals surface area contributed by atoms with Gasteiger partial charge in [-0.25, -0.2) is 4.79 Å². The van der Waals surface area contributed by atoms with Gasteiger partial charge in [0.15, 0.2) is 0 Å². The average Bonchev–Trinajstić information content (AvgIpc) is 2.95. The first-order chi connectivity index (χ1) is 10.6. The van der Waals surface area contributed by atoms with Gasteiger partial charge in [0, 0.05) is 41.7 Å². The molecular weight excluding hydrogens is 300 g/mol. The number of rotatable bonds is 3. The minimum atomic E-state index is -0.279. The van der Waals surface area contributed by atoms with E-state index in [0.717, 1.165) is 22.0 Å². The maximum absolute atomic E-state index is 12.0. The number of nitrogens with zero attached hydrogens (tertiary/aromatic N) is 1. The molecule has 3 N–H and O–H groups in total. The van der Waals surface area contributed by atoms with Crippen LogP contribution in [-0.4, -0.2) is 16.0 Å². The maximum Gasteiger partial charge on any atom is 0.319 e. The fourth-order valence-corrected chi connectivity index (χ4v) is 2.53. The number of H-pyrrole nitrogens is 1. The van der Waals surface area contributed by atoms with Crippen molar-refractivity contribution in [1.82, 2.24) is 15.3 Å². The van der Waals surface area contributed by atoms with Crippen LogP contribution in [0.2, 0.25) is 5.02 Å². The number of hydrogen-bond donors (Lipinski definition) is 3. The van der Waals surface area contributed by atoms with E-state index in [4.69, 9.17) is 11.6 Å². The number of amides is 2. The van der Waals surface area contributed by atoms with Crippen LogP contribution in [0.25, 0.3) is 10.9 Å². The first-order valence-electron chi connectivity index (χ1n) is 6.84. The molecule has 3 aromatic rings. The molecule has 2 heterocycles. The number of aromatic amines is 1. The van der Waals surface area contributed by atoms with Gasteiger partial charge in [-0.1, -0.05) is 11.6 Å². The van der Waals surface area contributed by atoms with E-state index in [9.17, 15) is 4.79 Å². The number of nitrogens with one attached hydrogen (secondary N) is 3. The van der Waals surface area contributed by atoms with E-state index < -0.39 is 0 Å². The van der Waals surface area contributed by atoms with E-state index in [1.165, 1.54) is 0 Å². The lowest BCUT2D eigenvalue weighted by molar-refractivity contribution is 0.251. The number of aryl methyl sites for hydroxylation is 1. The van der Waals surface area contributed by atoms with Crippen molar-refractivity contribution in [3.8, 4) is 0 Å². The number of fused-ring (bicyclic) bond motifs is 1. The van der Waals surface area contributed by atoms with Crippen molar-refractivity contribution in [2.24, 2.45) is 0 Å². The summed E-state index contributed by atoms with van der Waals surface area (Å²) < 4.78 is 0. The molecule has 2 aromatic heterocycles. The Morgan fingerprint density at radius 3 is 3.05 bits per heavy atom. The summed E-state index contributed by atoms with van der Waals surface area (Å²) in [5.41, 5.74) is 3.60. The van der Waals surface area contributed by atoms with Crippen molar-refractivity contribution in [2.75, 3.05) is 5.32 Å². The second-order valence-electron chi connectivity index (χ2n) is 5.01. The number of halogens is 1. The second kappa shape index (κ2) is 6.07. The largest absolute Gasteiger partial charge is 0.361 e. The average molecular weight is 315 g/mol. The Labute approximate surface area is 132 Å². The van der Waals surface area contributed by atoms with Crippen LogP contribution in [0.3, 0.4) is 0 Å². The highest BCUT2D eigenvalue weighted by Crippen LogP contribution is 2.26. The van der Waals surface area contributed by atoms with Crippen LogP contribution in [0, 0.1) is 6.92 Å². The molecule has 0 aliphatic carbocycles. The van der Waals surface area contributed by atoms with Crippen molar-refractivity contribution in [3.05, 3.63) is 59.0 Å². The molecule has 0 fully saturated rings. The van der Waals surface area contributed by atoms with Gasteiger partial charge in [-0.3, -0.25) is 4.98 Å². The number of pyridine rings is 1. The van der Waals surface area contributed by atoms with Crippen LogP contribution in [0.4, 0.5) is 10.5 Å². The molecule has 0 saturated carbocycles. The lowest BCUT2D eigenvalue weighted by atomic mass is 10.1. The molecule has 0 aliphatic heterocycles. The Morgan fingerprint density at radius 1 is 1.36 bits per heavy atom. The zero-order valence-corrected chi connectivity index (χ0v) is 12.7. The lowest BCUT2D eigenvalue weighted by Crippen LogP contribution is -2.28. The van der Waals surface area contributed by atoms with Crippen LogP contribution < -0.4 is 10.6 Å².